The second kappa shape index (κ2) is 7.04. The van der Waals surface area contributed by atoms with Gasteiger partial charge in [0, 0.05) is 17.8 Å². The Bertz CT molecular complexity index is 668. The van der Waals surface area contributed by atoms with E-state index in [1.165, 1.54) is 11.3 Å². The molecule has 0 aliphatic carbocycles. The van der Waals surface area contributed by atoms with Crippen molar-refractivity contribution in [2.45, 2.75) is 64.5 Å². The maximum Gasteiger partial charge on any atom is 0.192 e. The molecule has 0 aliphatic rings. The van der Waals surface area contributed by atoms with Crippen molar-refractivity contribution >= 4 is 19.7 Å². The molecule has 2 heterocycles. The third kappa shape index (κ3) is 3.94. The molecule has 1 N–H and O–H groups in total. The minimum absolute atomic E-state index is 0.162. The Morgan fingerprint density at radius 1 is 1.21 bits per heavy atom. The van der Waals surface area contributed by atoms with Gasteiger partial charge >= 0.3 is 0 Å². The molecule has 0 spiro atoms. The van der Waals surface area contributed by atoms with Crippen molar-refractivity contribution in [1.82, 2.24) is 9.97 Å². The van der Waals surface area contributed by atoms with Crippen molar-refractivity contribution in [3.8, 4) is 0 Å². The Morgan fingerprint density at radius 2 is 1.92 bits per heavy atom. The molecule has 1 atom stereocenters. The number of thiazole rings is 1. The molecule has 2 aromatic heterocycles. The fourth-order valence-corrected chi connectivity index (χ4v) is 3.96. The summed E-state index contributed by atoms with van der Waals surface area (Å²) in [7, 11) is -1.83. The maximum absolute atomic E-state index is 11.1. The monoisotopic (exact) mass is 364 g/mol. The fraction of sp³-hybridized carbons (Fsp3) is 0.556. The molecule has 2 aromatic rings. The van der Waals surface area contributed by atoms with E-state index in [-0.39, 0.29) is 5.04 Å². The molecular formula is C18H28N2O2SSi. The number of pyridine rings is 1. The molecule has 4 nitrogen and oxygen atoms in total. The summed E-state index contributed by atoms with van der Waals surface area (Å²) in [4.78, 5) is 8.73. The third-order valence-corrected chi connectivity index (χ3v) is 10.4. The summed E-state index contributed by atoms with van der Waals surface area (Å²) in [6, 6.07) is 3.80. The molecular weight excluding hydrogens is 336 g/mol. The van der Waals surface area contributed by atoms with Crippen LogP contribution in [0, 0.1) is 0 Å². The van der Waals surface area contributed by atoms with Gasteiger partial charge in [0.2, 0.25) is 0 Å². The van der Waals surface area contributed by atoms with Gasteiger partial charge in [-0.2, -0.15) is 0 Å². The average molecular weight is 365 g/mol. The Hall–Kier alpha value is -1.08. The van der Waals surface area contributed by atoms with Gasteiger partial charge in [-0.1, -0.05) is 27.7 Å². The van der Waals surface area contributed by atoms with Crippen LogP contribution in [0.25, 0.3) is 0 Å². The Morgan fingerprint density at radius 3 is 2.46 bits per heavy atom. The Balaban J connectivity index is 2.23. The van der Waals surface area contributed by atoms with Crippen LogP contribution in [0.5, 0.6) is 0 Å². The van der Waals surface area contributed by atoms with Crippen LogP contribution in [0.2, 0.25) is 18.1 Å². The van der Waals surface area contributed by atoms with Gasteiger partial charge in [-0.05, 0) is 42.2 Å². The summed E-state index contributed by atoms with van der Waals surface area (Å²) >= 11 is 1.47. The van der Waals surface area contributed by atoms with E-state index in [4.69, 9.17) is 4.43 Å². The van der Waals surface area contributed by atoms with Gasteiger partial charge in [0.05, 0.1) is 12.3 Å². The molecule has 2 rings (SSSR count). The predicted molar refractivity (Wildman–Crippen MR) is 102 cm³/mol. The SMILES string of the molecule is CCC(O)(c1ccnc(CO[Si](C)(C)C(C)(C)C)c1)c1nccs1. The van der Waals surface area contributed by atoms with Crippen LogP contribution in [0.1, 0.15) is 50.4 Å². The Labute approximate surface area is 150 Å². The number of hydrogen-bond acceptors (Lipinski definition) is 5. The van der Waals surface area contributed by atoms with E-state index in [0.717, 1.165) is 11.3 Å². The van der Waals surface area contributed by atoms with Gasteiger partial charge < -0.3 is 9.53 Å². The van der Waals surface area contributed by atoms with E-state index >= 15 is 0 Å². The van der Waals surface area contributed by atoms with E-state index in [9.17, 15) is 5.11 Å². The molecule has 1 unspecified atom stereocenters. The van der Waals surface area contributed by atoms with Crippen molar-refractivity contribution in [3.05, 3.63) is 46.2 Å². The van der Waals surface area contributed by atoms with E-state index in [1.807, 2.05) is 24.4 Å². The molecule has 0 aliphatic heterocycles. The maximum atomic E-state index is 11.1. The van der Waals surface area contributed by atoms with E-state index < -0.39 is 13.9 Å². The molecule has 0 bridgehead atoms. The first-order valence-electron chi connectivity index (χ1n) is 8.32. The van der Waals surface area contributed by atoms with Crippen molar-refractivity contribution < 1.29 is 9.53 Å². The molecule has 0 fully saturated rings. The summed E-state index contributed by atoms with van der Waals surface area (Å²) in [6.45, 7) is 13.6. The number of hydrogen-bond donors (Lipinski definition) is 1. The highest BCUT2D eigenvalue weighted by Crippen LogP contribution is 2.37. The van der Waals surface area contributed by atoms with Crippen molar-refractivity contribution in [2.75, 3.05) is 0 Å². The van der Waals surface area contributed by atoms with Gasteiger partial charge in [-0.3, -0.25) is 4.98 Å². The molecule has 0 amide bonds. The highest BCUT2D eigenvalue weighted by Gasteiger charge is 2.37. The highest BCUT2D eigenvalue weighted by molar-refractivity contribution is 7.09. The summed E-state index contributed by atoms with van der Waals surface area (Å²) in [5.41, 5.74) is 0.604. The summed E-state index contributed by atoms with van der Waals surface area (Å²) < 4.78 is 6.25. The lowest BCUT2D eigenvalue weighted by molar-refractivity contribution is 0.0759. The van der Waals surface area contributed by atoms with Crippen LogP contribution in [-0.4, -0.2) is 23.4 Å². The molecule has 24 heavy (non-hydrogen) atoms. The van der Waals surface area contributed by atoms with Gasteiger partial charge in [-0.25, -0.2) is 4.98 Å². The first-order valence-corrected chi connectivity index (χ1v) is 12.1. The topological polar surface area (TPSA) is 55.2 Å². The third-order valence-electron chi connectivity index (χ3n) is 4.98. The van der Waals surface area contributed by atoms with Crippen molar-refractivity contribution in [1.29, 1.82) is 0 Å². The first-order chi connectivity index (χ1) is 11.1. The van der Waals surface area contributed by atoms with Crippen LogP contribution in [0.3, 0.4) is 0 Å². The lowest BCUT2D eigenvalue weighted by Gasteiger charge is -2.36. The van der Waals surface area contributed by atoms with Crippen LogP contribution in [0.4, 0.5) is 0 Å². The highest BCUT2D eigenvalue weighted by atomic mass is 32.1. The Kier molecular flexibility index (Phi) is 5.64. The molecule has 0 radical (unpaired) electrons. The lowest BCUT2D eigenvalue weighted by atomic mass is 9.92. The molecule has 0 saturated heterocycles. The number of aromatic nitrogens is 2. The standard InChI is InChI=1S/C18H28N2O2SSi/c1-7-18(21,16-20-10-11-23-16)14-8-9-19-15(12-14)13-22-24(5,6)17(2,3)4/h8-12,21H,7,13H2,1-6H3. The molecule has 6 heteroatoms. The van der Waals surface area contributed by atoms with E-state index in [2.05, 4.69) is 43.8 Å². The van der Waals surface area contributed by atoms with Gasteiger partial charge in [-0.15, -0.1) is 11.3 Å². The second-order valence-corrected chi connectivity index (χ2v) is 13.3. The smallest absolute Gasteiger partial charge is 0.192 e. The van der Waals surface area contributed by atoms with E-state index in [1.54, 1.807) is 12.4 Å². The largest absolute Gasteiger partial charge is 0.411 e. The average Bonchev–Trinajstić information content (AvgIpc) is 3.06. The predicted octanol–water partition coefficient (Wildman–Crippen LogP) is 4.71. The van der Waals surface area contributed by atoms with Gasteiger partial charge in [0.15, 0.2) is 8.32 Å². The van der Waals surface area contributed by atoms with Crippen LogP contribution in [0.15, 0.2) is 29.9 Å². The van der Waals surface area contributed by atoms with Crippen molar-refractivity contribution in [2.24, 2.45) is 0 Å². The zero-order valence-corrected chi connectivity index (χ0v) is 17.3. The molecule has 132 valence electrons. The van der Waals surface area contributed by atoms with Gasteiger partial charge in [0.1, 0.15) is 10.6 Å². The number of nitrogens with zero attached hydrogens (tertiary/aromatic N) is 2. The minimum Gasteiger partial charge on any atom is -0.411 e. The summed E-state index contributed by atoms with van der Waals surface area (Å²) in [5, 5.41) is 13.9. The van der Waals surface area contributed by atoms with Gasteiger partial charge in [0.25, 0.3) is 0 Å². The molecule has 0 saturated carbocycles. The zero-order valence-electron chi connectivity index (χ0n) is 15.5. The normalized spacial score (nSPS) is 15.3. The second-order valence-electron chi connectivity index (χ2n) is 7.64. The molecule has 0 aromatic carbocycles. The summed E-state index contributed by atoms with van der Waals surface area (Å²) in [5.74, 6) is 0. The summed E-state index contributed by atoms with van der Waals surface area (Å²) in [6.07, 6.45) is 4.03. The fourth-order valence-electron chi connectivity index (χ4n) is 2.19. The van der Waals surface area contributed by atoms with Crippen molar-refractivity contribution in [3.63, 3.8) is 0 Å². The van der Waals surface area contributed by atoms with Crippen LogP contribution < -0.4 is 0 Å². The van der Waals surface area contributed by atoms with E-state index in [0.29, 0.717) is 18.0 Å². The minimum atomic E-state index is -1.83. The quantitative estimate of drug-likeness (QED) is 0.755. The first kappa shape index (κ1) is 19.2. The number of rotatable bonds is 6. The lowest BCUT2D eigenvalue weighted by Crippen LogP contribution is -2.40. The number of aliphatic hydroxyl groups is 1. The van der Waals surface area contributed by atoms with Crippen LogP contribution in [-0.2, 0) is 16.6 Å². The zero-order chi connectivity index (χ0) is 18.0. The van der Waals surface area contributed by atoms with Crippen LogP contribution >= 0.6 is 11.3 Å².